The first-order valence-corrected chi connectivity index (χ1v) is 10.7. The molecule has 4 rings (SSSR count). The monoisotopic (exact) mass is 429 g/mol. The third-order valence-corrected chi connectivity index (χ3v) is 5.37. The van der Waals surface area contributed by atoms with Crippen LogP contribution in [0.2, 0.25) is 0 Å². The number of nitrogens with one attached hydrogen (secondary N) is 1. The van der Waals surface area contributed by atoms with Crippen LogP contribution < -0.4 is 9.47 Å². The molecular weight excluding hydrogens is 402 g/mol. The molecule has 0 bridgehead atoms. The van der Waals surface area contributed by atoms with Gasteiger partial charge >= 0.3 is 0 Å². The second kappa shape index (κ2) is 10.0. The molecule has 7 nitrogen and oxygen atoms in total. The van der Waals surface area contributed by atoms with Crippen LogP contribution in [-0.2, 0) is 19.4 Å². The number of hydrogen-bond acceptors (Lipinski definition) is 6. The topological polar surface area (TPSA) is 85.8 Å². The minimum absolute atomic E-state index is 0.340. The lowest BCUT2D eigenvalue weighted by Crippen LogP contribution is -2.06. The van der Waals surface area contributed by atoms with E-state index in [4.69, 9.17) is 9.47 Å². The highest BCUT2D eigenvalue weighted by atomic mass is 16.5. The van der Waals surface area contributed by atoms with E-state index in [0.29, 0.717) is 18.3 Å². The zero-order chi connectivity index (χ0) is 22.3. The number of aromatic amines is 1. The number of tetrazole rings is 1. The first kappa shape index (κ1) is 21.5. The van der Waals surface area contributed by atoms with E-state index in [2.05, 4.69) is 57.7 Å². The van der Waals surface area contributed by atoms with Gasteiger partial charge in [0.25, 0.3) is 0 Å². The van der Waals surface area contributed by atoms with Crippen molar-refractivity contribution in [3.63, 3.8) is 0 Å². The molecule has 0 atom stereocenters. The summed E-state index contributed by atoms with van der Waals surface area (Å²) in [5, 5.41) is 14.0. The Morgan fingerprint density at radius 3 is 2.53 bits per heavy atom. The minimum atomic E-state index is 0.340. The molecule has 0 aliphatic heterocycles. The van der Waals surface area contributed by atoms with Gasteiger partial charge in [-0.25, -0.2) is 5.10 Å². The second-order valence-corrected chi connectivity index (χ2v) is 7.92. The van der Waals surface area contributed by atoms with E-state index in [1.165, 1.54) is 11.1 Å². The fourth-order valence-corrected chi connectivity index (χ4v) is 3.60. The minimum Gasteiger partial charge on any atom is -0.497 e. The molecule has 0 unspecified atom stereocenters. The Morgan fingerprint density at radius 1 is 0.969 bits per heavy atom. The van der Waals surface area contributed by atoms with Crippen molar-refractivity contribution in [1.82, 2.24) is 25.6 Å². The molecule has 32 heavy (non-hydrogen) atoms. The van der Waals surface area contributed by atoms with E-state index in [1.54, 1.807) is 7.11 Å². The smallest absolute Gasteiger partial charge is 0.179 e. The van der Waals surface area contributed by atoms with E-state index in [9.17, 15) is 0 Å². The second-order valence-electron chi connectivity index (χ2n) is 7.92. The molecule has 2 heterocycles. The van der Waals surface area contributed by atoms with Crippen molar-refractivity contribution in [2.75, 3.05) is 7.11 Å². The summed E-state index contributed by atoms with van der Waals surface area (Å²) in [6, 6.07) is 18.2. The van der Waals surface area contributed by atoms with Crippen molar-refractivity contribution >= 4 is 0 Å². The Bertz CT molecular complexity index is 1140. The normalized spacial score (nSPS) is 11.0. The molecule has 0 fully saturated rings. The number of ether oxygens (including phenoxy) is 2. The molecule has 0 aliphatic rings. The summed E-state index contributed by atoms with van der Waals surface area (Å²) in [6.07, 6.45) is 3.53. The third-order valence-electron chi connectivity index (χ3n) is 5.37. The third kappa shape index (κ3) is 5.11. The number of hydrogen-bond donors (Lipinski definition) is 1. The van der Waals surface area contributed by atoms with Crippen molar-refractivity contribution in [3.8, 4) is 22.9 Å². The molecule has 164 valence electrons. The largest absolute Gasteiger partial charge is 0.497 e. The van der Waals surface area contributed by atoms with Crippen molar-refractivity contribution in [3.05, 3.63) is 83.2 Å². The van der Waals surface area contributed by atoms with Gasteiger partial charge < -0.3 is 9.47 Å². The van der Waals surface area contributed by atoms with Gasteiger partial charge in [0, 0.05) is 17.3 Å². The summed E-state index contributed by atoms with van der Waals surface area (Å²) >= 11 is 0. The van der Waals surface area contributed by atoms with Crippen LogP contribution in [0.3, 0.4) is 0 Å². The average Bonchev–Trinajstić information content (AvgIpc) is 3.37. The zero-order valence-electron chi connectivity index (χ0n) is 18.6. The highest BCUT2D eigenvalue weighted by molar-refractivity contribution is 5.54. The fourth-order valence-electron chi connectivity index (χ4n) is 3.60. The Morgan fingerprint density at radius 2 is 1.81 bits per heavy atom. The van der Waals surface area contributed by atoms with E-state index >= 15 is 0 Å². The Balaban J connectivity index is 1.49. The lowest BCUT2D eigenvalue weighted by Gasteiger charge is -2.18. The van der Waals surface area contributed by atoms with Gasteiger partial charge in [-0.05, 0) is 58.5 Å². The van der Waals surface area contributed by atoms with Gasteiger partial charge in [0.05, 0.1) is 12.8 Å². The van der Waals surface area contributed by atoms with Gasteiger partial charge in [-0.2, -0.15) is 0 Å². The lowest BCUT2D eigenvalue weighted by molar-refractivity contribution is 0.295. The van der Waals surface area contributed by atoms with Crippen molar-refractivity contribution in [1.29, 1.82) is 0 Å². The first-order valence-electron chi connectivity index (χ1n) is 10.7. The molecular formula is C25H27N5O2. The SMILES string of the molecule is COc1cccc(COc2c(C(C)C)ccnc2CCc2ccc(-c3nnn[nH]3)cc2)c1. The number of aryl methyl sites for hydroxylation is 2. The summed E-state index contributed by atoms with van der Waals surface area (Å²) in [5.41, 5.74) is 5.39. The van der Waals surface area contributed by atoms with Crippen LogP contribution in [0, 0.1) is 0 Å². The van der Waals surface area contributed by atoms with Crippen LogP contribution in [0.25, 0.3) is 11.4 Å². The number of rotatable bonds is 9. The molecule has 1 N–H and O–H groups in total. The molecule has 4 aromatic rings. The molecule has 2 aromatic heterocycles. The van der Waals surface area contributed by atoms with Crippen LogP contribution in [-0.4, -0.2) is 32.7 Å². The van der Waals surface area contributed by atoms with Crippen LogP contribution in [0.5, 0.6) is 11.5 Å². The number of aromatic nitrogens is 5. The molecule has 0 radical (unpaired) electrons. The van der Waals surface area contributed by atoms with Crippen molar-refractivity contribution < 1.29 is 9.47 Å². The summed E-state index contributed by atoms with van der Waals surface area (Å²) in [6.45, 7) is 4.82. The summed E-state index contributed by atoms with van der Waals surface area (Å²) in [7, 11) is 1.67. The van der Waals surface area contributed by atoms with Crippen molar-refractivity contribution in [2.24, 2.45) is 0 Å². The van der Waals surface area contributed by atoms with Gasteiger partial charge in [0.1, 0.15) is 18.1 Å². The number of pyridine rings is 1. The van der Waals surface area contributed by atoms with E-state index < -0.39 is 0 Å². The van der Waals surface area contributed by atoms with E-state index in [-0.39, 0.29) is 0 Å². The predicted molar refractivity (Wildman–Crippen MR) is 123 cm³/mol. The van der Waals surface area contributed by atoms with Gasteiger partial charge in [-0.3, -0.25) is 4.98 Å². The lowest BCUT2D eigenvalue weighted by atomic mass is 9.99. The van der Waals surface area contributed by atoms with Gasteiger partial charge in [0.2, 0.25) is 0 Å². The maximum atomic E-state index is 6.33. The van der Waals surface area contributed by atoms with Gasteiger partial charge in [-0.1, -0.05) is 50.2 Å². The van der Waals surface area contributed by atoms with E-state index in [0.717, 1.165) is 41.2 Å². The summed E-state index contributed by atoms with van der Waals surface area (Å²) in [5.74, 6) is 2.71. The first-order chi connectivity index (χ1) is 15.6. The molecule has 0 saturated heterocycles. The van der Waals surface area contributed by atoms with Gasteiger partial charge in [0.15, 0.2) is 5.82 Å². The maximum Gasteiger partial charge on any atom is 0.179 e. The Kier molecular flexibility index (Phi) is 6.75. The van der Waals surface area contributed by atoms with Crippen LogP contribution in [0.1, 0.15) is 42.1 Å². The zero-order valence-corrected chi connectivity index (χ0v) is 18.6. The number of H-pyrrole nitrogens is 1. The predicted octanol–water partition coefficient (Wildman–Crippen LogP) is 4.76. The summed E-state index contributed by atoms with van der Waals surface area (Å²) < 4.78 is 11.7. The standard InChI is InChI=1S/C25H27N5O2/c1-17(2)22-13-14-26-23(24(22)32-16-19-5-4-6-21(15-19)31-3)12-9-18-7-10-20(11-8-18)25-27-29-30-28-25/h4-8,10-11,13-15,17H,9,12,16H2,1-3H3,(H,27,28,29,30). The quantitative estimate of drug-likeness (QED) is 0.413. The van der Waals surface area contributed by atoms with Gasteiger partial charge in [-0.15, -0.1) is 5.10 Å². The van der Waals surface area contributed by atoms with Crippen LogP contribution in [0.15, 0.2) is 60.8 Å². The van der Waals surface area contributed by atoms with Crippen molar-refractivity contribution in [2.45, 2.75) is 39.2 Å². The highest BCUT2D eigenvalue weighted by Crippen LogP contribution is 2.31. The molecule has 2 aromatic carbocycles. The number of methoxy groups -OCH3 is 1. The molecule has 0 amide bonds. The highest BCUT2D eigenvalue weighted by Gasteiger charge is 2.15. The molecule has 0 spiro atoms. The maximum absolute atomic E-state index is 6.33. The fraction of sp³-hybridized carbons (Fsp3) is 0.280. The Hall–Kier alpha value is -3.74. The van der Waals surface area contributed by atoms with E-state index in [1.807, 2.05) is 42.6 Å². The molecule has 0 aliphatic carbocycles. The molecule has 0 saturated carbocycles. The summed E-state index contributed by atoms with van der Waals surface area (Å²) in [4.78, 5) is 4.66. The Labute approximate surface area is 187 Å². The average molecular weight is 430 g/mol. The van der Waals surface area contributed by atoms with Crippen LogP contribution in [0.4, 0.5) is 0 Å². The number of nitrogens with zero attached hydrogens (tertiary/aromatic N) is 4. The molecule has 7 heteroatoms. The number of benzene rings is 2. The van der Waals surface area contributed by atoms with Crippen LogP contribution >= 0.6 is 0 Å².